The summed E-state index contributed by atoms with van der Waals surface area (Å²) in [5.41, 5.74) is 1.89. The first-order valence-electron chi connectivity index (χ1n) is 4.63. The van der Waals surface area contributed by atoms with Crippen LogP contribution in [0, 0.1) is 0 Å². The third-order valence-electron chi connectivity index (χ3n) is 2.41. The quantitative estimate of drug-likeness (QED) is 0.673. The topological polar surface area (TPSA) is 46.1 Å². The Morgan fingerprint density at radius 2 is 2.40 bits per heavy atom. The van der Waals surface area contributed by atoms with Crippen LogP contribution in [-0.2, 0) is 17.8 Å². The standard InChI is InChI=1S/C10H10ClN3O/c1-2-10(15)14-4-3-7-5-9(11)13-12-8(7)6-14/h2,5H,1,3-4,6H2. The van der Waals surface area contributed by atoms with Crippen molar-refractivity contribution in [2.45, 2.75) is 13.0 Å². The summed E-state index contributed by atoms with van der Waals surface area (Å²) in [6.07, 6.45) is 2.08. The van der Waals surface area contributed by atoms with Crippen molar-refractivity contribution >= 4 is 17.5 Å². The third-order valence-corrected chi connectivity index (χ3v) is 2.59. The van der Waals surface area contributed by atoms with Crippen molar-refractivity contribution in [3.8, 4) is 0 Å². The SMILES string of the molecule is C=CC(=O)N1CCc2cc(Cl)nnc2C1. The minimum atomic E-state index is -0.0719. The summed E-state index contributed by atoms with van der Waals surface area (Å²) in [5.74, 6) is -0.0719. The van der Waals surface area contributed by atoms with E-state index in [1.54, 1.807) is 11.0 Å². The Morgan fingerprint density at radius 3 is 3.13 bits per heavy atom. The lowest BCUT2D eigenvalue weighted by atomic mass is 10.1. The third kappa shape index (κ3) is 1.99. The van der Waals surface area contributed by atoms with Crippen LogP contribution in [0.15, 0.2) is 18.7 Å². The van der Waals surface area contributed by atoms with Gasteiger partial charge in [-0.15, -0.1) is 5.10 Å². The van der Waals surface area contributed by atoms with Crippen molar-refractivity contribution in [2.75, 3.05) is 6.54 Å². The Labute approximate surface area is 92.6 Å². The molecule has 1 amide bonds. The molecular weight excluding hydrogens is 214 g/mol. The molecule has 0 aliphatic carbocycles. The predicted molar refractivity (Wildman–Crippen MR) is 56.4 cm³/mol. The van der Waals surface area contributed by atoms with E-state index in [0.717, 1.165) is 17.7 Å². The maximum atomic E-state index is 11.4. The number of aromatic nitrogens is 2. The van der Waals surface area contributed by atoms with E-state index in [1.165, 1.54) is 6.08 Å². The number of nitrogens with zero attached hydrogens (tertiary/aromatic N) is 3. The number of carbonyl (C=O) groups is 1. The molecule has 1 aliphatic rings. The second-order valence-corrected chi connectivity index (χ2v) is 3.74. The van der Waals surface area contributed by atoms with E-state index >= 15 is 0 Å². The van der Waals surface area contributed by atoms with Crippen LogP contribution in [0.3, 0.4) is 0 Å². The van der Waals surface area contributed by atoms with Gasteiger partial charge < -0.3 is 4.90 Å². The molecular formula is C10H10ClN3O. The molecule has 1 aromatic rings. The van der Waals surface area contributed by atoms with E-state index < -0.39 is 0 Å². The van der Waals surface area contributed by atoms with E-state index in [9.17, 15) is 4.79 Å². The number of hydrogen-bond acceptors (Lipinski definition) is 3. The molecule has 78 valence electrons. The zero-order valence-corrected chi connectivity index (χ0v) is 8.87. The second-order valence-electron chi connectivity index (χ2n) is 3.35. The van der Waals surface area contributed by atoms with Gasteiger partial charge in [0.1, 0.15) is 0 Å². The number of amides is 1. The second kappa shape index (κ2) is 3.98. The van der Waals surface area contributed by atoms with Crippen molar-refractivity contribution in [1.82, 2.24) is 15.1 Å². The maximum Gasteiger partial charge on any atom is 0.246 e. The summed E-state index contributed by atoms with van der Waals surface area (Å²) in [6.45, 7) is 4.63. The maximum absolute atomic E-state index is 11.4. The molecule has 0 aromatic carbocycles. The molecule has 1 aliphatic heterocycles. The van der Waals surface area contributed by atoms with Crippen LogP contribution in [-0.4, -0.2) is 27.5 Å². The van der Waals surface area contributed by atoms with Crippen molar-refractivity contribution < 1.29 is 4.79 Å². The molecule has 0 fully saturated rings. The van der Waals surface area contributed by atoms with E-state index in [-0.39, 0.29) is 5.91 Å². The van der Waals surface area contributed by atoms with Gasteiger partial charge in [0.25, 0.3) is 0 Å². The molecule has 0 radical (unpaired) electrons. The lowest BCUT2D eigenvalue weighted by Gasteiger charge is -2.26. The van der Waals surface area contributed by atoms with E-state index in [2.05, 4.69) is 16.8 Å². The highest BCUT2D eigenvalue weighted by Crippen LogP contribution is 2.18. The molecule has 15 heavy (non-hydrogen) atoms. The van der Waals surface area contributed by atoms with Gasteiger partial charge in [0.15, 0.2) is 5.15 Å². The highest BCUT2D eigenvalue weighted by molar-refractivity contribution is 6.29. The summed E-state index contributed by atoms with van der Waals surface area (Å²) in [5, 5.41) is 8.14. The monoisotopic (exact) mass is 223 g/mol. The summed E-state index contributed by atoms with van der Waals surface area (Å²) in [7, 11) is 0. The number of halogens is 1. The average molecular weight is 224 g/mol. The van der Waals surface area contributed by atoms with Crippen molar-refractivity contribution in [1.29, 1.82) is 0 Å². The Morgan fingerprint density at radius 1 is 1.60 bits per heavy atom. The Balaban J connectivity index is 2.23. The van der Waals surface area contributed by atoms with Crippen LogP contribution in [0.2, 0.25) is 5.15 Å². The lowest BCUT2D eigenvalue weighted by molar-refractivity contribution is -0.126. The lowest BCUT2D eigenvalue weighted by Crippen LogP contribution is -2.35. The first-order chi connectivity index (χ1) is 7.20. The predicted octanol–water partition coefficient (Wildman–Crippen LogP) is 1.20. The number of carbonyl (C=O) groups excluding carboxylic acids is 1. The number of rotatable bonds is 1. The van der Waals surface area contributed by atoms with E-state index in [1.807, 2.05) is 0 Å². The molecule has 0 spiro atoms. The van der Waals surface area contributed by atoms with Gasteiger partial charge in [0, 0.05) is 6.54 Å². The van der Waals surface area contributed by atoms with Gasteiger partial charge in [0.05, 0.1) is 12.2 Å². The summed E-state index contributed by atoms with van der Waals surface area (Å²) < 4.78 is 0. The largest absolute Gasteiger partial charge is 0.333 e. The van der Waals surface area contributed by atoms with Gasteiger partial charge >= 0.3 is 0 Å². The Hall–Kier alpha value is -1.42. The smallest absolute Gasteiger partial charge is 0.246 e. The van der Waals surface area contributed by atoms with Gasteiger partial charge in [-0.25, -0.2) is 0 Å². The van der Waals surface area contributed by atoms with Crippen molar-refractivity contribution in [3.63, 3.8) is 0 Å². The molecule has 2 rings (SSSR count). The van der Waals surface area contributed by atoms with Crippen molar-refractivity contribution in [2.24, 2.45) is 0 Å². The summed E-state index contributed by atoms with van der Waals surface area (Å²) >= 11 is 5.73. The fourth-order valence-corrected chi connectivity index (χ4v) is 1.78. The molecule has 5 heteroatoms. The first kappa shape index (κ1) is 10.1. The summed E-state index contributed by atoms with van der Waals surface area (Å²) in [4.78, 5) is 13.1. The Kier molecular flexibility index (Phi) is 2.68. The number of fused-ring (bicyclic) bond motifs is 1. The molecule has 0 saturated carbocycles. The first-order valence-corrected chi connectivity index (χ1v) is 5.01. The molecule has 0 N–H and O–H groups in total. The van der Waals surface area contributed by atoms with Gasteiger partial charge in [-0.3, -0.25) is 4.79 Å². The van der Waals surface area contributed by atoms with Gasteiger partial charge in [-0.1, -0.05) is 18.2 Å². The van der Waals surface area contributed by atoms with Crippen LogP contribution in [0.25, 0.3) is 0 Å². The molecule has 0 unspecified atom stereocenters. The van der Waals surface area contributed by atoms with Crippen LogP contribution in [0.1, 0.15) is 11.3 Å². The zero-order valence-electron chi connectivity index (χ0n) is 8.11. The summed E-state index contributed by atoms with van der Waals surface area (Å²) in [6, 6.07) is 1.81. The molecule has 2 heterocycles. The zero-order chi connectivity index (χ0) is 10.8. The minimum Gasteiger partial charge on any atom is -0.333 e. The van der Waals surface area contributed by atoms with Gasteiger partial charge in [-0.2, -0.15) is 5.10 Å². The number of hydrogen-bond donors (Lipinski definition) is 0. The fraction of sp³-hybridized carbons (Fsp3) is 0.300. The molecule has 4 nitrogen and oxygen atoms in total. The van der Waals surface area contributed by atoms with Gasteiger partial charge in [0.2, 0.25) is 5.91 Å². The van der Waals surface area contributed by atoms with E-state index in [4.69, 9.17) is 11.6 Å². The van der Waals surface area contributed by atoms with Crippen molar-refractivity contribution in [3.05, 3.63) is 35.1 Å². The fourth-order valence-electron chi connectivity index (χ4n) is 1.61. The van der Waals surface area contributed by atoms with Crippen LogP contribution >= 0.6 is 11.6 Å². The van der Waals surface area contributed by atoms with Crippen LogP contribution in [0.4, 0.5) is 0 Å². The van der Waals surface area contributed by atoms with E-state index in [0.29, 0.717) is 18.2 Å². The molecule has 0 saturated heterocycles. The Bertz CT molecular complexity index is 419. The normalized spacial score (nSPS) is 14.6. The molecule has 0 bridgehead atoms. The van der Waals surface area contributed by atoms with Gasteiger partial charge in [-0.05, 0) is 24.1 Å². The van der Waals surface area contributed by atoms with Crippen LogP contribution < -0.4 is 0 Å². The molecule has 0 atom stereocenters. The molecule has 1 aromatic heterocycles. The highest BCUT2D eigenvalue weighted by Gasteiger charge is 2.20. The average Bonchev–Trinajstić information content (AvgIpc) is 2.27. The minimum absolute atomic E-state index is 0.0719. The highest BCUT2D eigenvalue weighted by atomic mass is 35.5. The van der Waals surface area contributed by atoms with Crippen LogP contribution in [0.5, 0.6) is 0 Å².